The van der Waals surface area contributed by atoms with Gasteiger partial charge in [0.05, 0.1) is 16.2 Å². The van der Waals surface area contributed by atoms with Crippen LogP contribution in [0.3, 0.4) is 0 Å². The molecule has 1 saturated heterocycles. The van der Waals surface area contributed by atoms with Crippen LogP contribution >= 0.6 is 35.6 Å². The highest BCUT2D eigenvalue weighted by molar-refractivity contribution is 8.27. The number of amides is 1. The van der Waals surface area contributed by atoms with Crippen molar-refractivity contribution >= 4 is 57.6 Å². The summed E-state index contributed by atoms with van der Waals surface area (Å²) in [5.74, 6) is -0.394. The van der Waals surface area contributed by atoms with Crippen LogP contribution in [-0.4, -0.2) is 10.2 Å². The first-order chi connectivity index (χ1) is 11.8. The lowest BCUT2D eigenvalue weighted by atomic mass is 10.1. The molecule has 0 bridgehead atoms. The summed E-state index contributed by atoms with van der Waals surface area (Å²) in [4.78, 5) is 14.2. The smallest absolute Gasteiger partial charge is 0.268 e. The Morgan fingerprint density at radius 2 is 1.84 bits per heavy atom. The molecule has 2 aromatic carbocycles. The highest BCUT2D eigenvalue weighted by atomic mass is 35.5. The van der Waals surface area contributed by atoms with Crippen molar-refractivity contribution in [1.29, 1.82) is 0 Å². The molecule has 0 atom stereocenters. The molecule has 2 nitrogen and oxygen atoms in total. The Balaban J connectivity index is 1.93. The fourth-order valence-electron chi connectivity index (χ4n) is 2.26. The summed E-state index contributed by atoms with van der Waals surface area (Å²) in [6.45, 7) is 0. The molecule has 1 aliphatic rings. The predicted molar refractivity (Wildman–Crippen MR) is 98.5 cm³/mol. The molecule has 2 aromatic rings. The van der Waals surface area contributed by atoms with Crippen LogP contribution in [0.15, 0.2) is 53.4 Å². The minimum atomic E-state index is -4.44. The maximum Gasteiger partial charge on any atom is 0.416 e. The van der Waals surface area contributed by atoms with Gasteiger partial charge < -0.3 is 0 Å². The first-order valence-corrected chi connectivity index (χ1v) is 8.57. The molecular weight excluding hydrogens is 391 g/mol. The average Bonchev–Trinajstić information content (AvgIpc) is 2.81. The lowest BCUT2D eigenvalue weighted by molar-refractivity contribution is -0.137. The van der Waals surface area contributed by atoms with E-state index in [4.69, 9.17) is 23.8 Å². The zero-order chi connectivity index (χ0) is 18.2. The zero-order valence-corrected chi connectivity index (χ0v) is 14.8. The fraction of sp³-hybridized carbons (Fsp3) is 0.0588. The van der Waals surface area contributed by atoms with Gasteiger partial charge in [-0.3, -0.25) is 9.69 Å². The summed E-state index contributed by atoms with van der Waals surface area (Å²) in [6.07, 6.45) is -3.04. The molecule has 0 saturated carbocycles. The molecule has 0 unspecified atom stereocenters. The number of hydrogen-bond donors (Lipinski definition) is 0. The second-order valence-corrected chi connectivity index (χ2v) is 7.23. The molecule has 1 amide bonds. The minimum Gasteiger partial charge on any atom is -0.268 e. The van der Waals surface area contributed by atoms with E-state index in [1.54, 1.807) is 24.3 Å². The van der Waals surface area contributed by atoms with Crippen LogP contribution in [0.2, 0.25) is 5.02 Å². The molecule has 1 fully saturated rings. The highest BCUT2D eigenvalue weighted by Crippen LogP contribution is 2.37. The number of hydrogen-bond acceptors (Lipinski definition) is 3. The Hall–Kier alpha value is -1.83. The third-order valence-electron chi connectivity index (χ3n) is 3.37. The normalized spacial score (nSPS) is 16.8. The minimum absolute atomic E-state index is 0.254. The van der Waals surface area contributed by atoms with Crippen LogP contribution in [0, 0.1) is 0 Å². The van der Waals surface area contributed by atoms with Gasteiger partial charge in [0.15, 0.2) is 4.32 Å². The van der Waals surface area contributed by atoms with Gasteiger partial charge in [-0.25, -0.2) is 0 Å². The van der Waals surface area contributed by atoms with E-state index in [2.05, 4.69) is 0 Å². The molecular formula is C17H9ClF3NOS2. The van der Waals surface area contributed by atoms with Crippen molar-refractivity contribution in [2.45, 2.75) is 6.18 Å². The molecule has 0 aliphatic carbocycles. The Morgan fingerprint density at radius 3 is 2.52 bits per heavy atom. The third-order valence-corrected chi connectivity index (χ3v) is 4.91. The first-order valence-electron chi connectivity index (χ1n) is 6.96. The van der Waals surface area contributed by atoms with Gasteiger partial charge in [0.2, 0.25) is 0 Å². The van der Waals surface area contributed by atoms with E-state index in [1.165, 1.54) is 23.1 Å². The summed E-state index contributed by atoms with van der Waals surface area (Å²) in [7, 11) is 0. The summed E-state index contributed by atoms with van der Waals surface area (Å²) >= 11 is 12.2. The topological polar surface area (TPSA) is 20.3 Å². The number of alkyl halides is 3. The zero-order valence-electron chi connectivity index (χ0n) is 12.4. The van der Waals surface area contributed by atoms with Gasteiger partial charge >= 0.3 is 6.18 Å². The first kappa shape index (κ1) is 18.0. The van der Waals surface area contributed by atoms with Gasteiger partial charge in [-0.05, 0) is 42.0 Å². The van der Waals surface area contributed by atoms with E-state index in [-0.39, 0.29) is 10.5 Å². The van der Waals surface area contributed by atoms with Crippen LogP contribution in [0.1, 0.15) is 11.1 Å². The molecule has 3 rings (SSSR count). The quantitative estimate of drug-likeness (QED) is 0.472. The monoisotopic (exact) mass is 399 g/mol. The van der Waals surface area contributed by atoms with Crippen molar-refractivity contribution in [1.82, 2.24) is 0 Å². The van der Waals surface area contributed by atoms with Crippen molar-refractivity contribution in [3.05, 3.63) is 69.6 Å². The number of benzene rings is 2. The number of thiocarbonyl (C=S) groups is 1. The number of anilines is 1. The van der Waals surface area contributed by atoms with Crippen molar-refractivity contribution in [2.24, 2.45) is 0 Å². The van der Waals surface area contributed by atoms with Crippen LogP contribution in [0.5, 0.6) is 0 Å². The molecule has 0 N–H and O–H groups in total. The van der Waals surface area contributed by atoms with Gasteiger partial charge in [0, 0.05) is 5.02 Å². The fourth-order valence-corrected chi connectivity index (χ4v) is 3.75. The second kappa shape index (κ2) is 6.82. The van der Waals surface area contributed by atoms with Crippen LogP contribution < -0.4 is 4.90 Å². The molecule has 25 heavy (non-hydrogen) atoms. The lowest BCUT2D eigenvalue weighted by Crippen LogP contribution is -2.27. The molecule has 128 valence electrons. The number of nitrogens with zero attached hydrogens (tertiary/aromatic N) is 1. The van der Waals surface area contributed by atoms with Crippen molar-refractivity contribution in [3.8, 4) is 0 Å². The van der Waals surface area contributed by atoms with Crippen LogP contribution in [-0.2, 0) is 11.0 Å². The maximum atomic E-state index is 12.8. The van der Waals surface area contributed by atoms with Crippen LogP contribution in [0.25, 0.3) is 6.08 Å². The average molecular weight is 400 g/mol. The van der Waals surface area contributed by atoms with Crippen molar-refractivity contribution in [2.75, 3.05) is 4.90 Å². The molecule has 8 heteroatoms. The van der Waals surface area contributed by atoms with Gasteiger partial charge in [0.25, 0.3) is 5.91 Å². The lowest BCUT2D eigenvalue weighted by Gasteiger charge is -2.14. The van der Waals surface area contributed by atoms with Gasteiger partial charge in [-0.2, -0.15) is 13.2 Å². The molecule has 0 spiro atoms. The highest BCUT2D eigenvalue weighted by Gasteiger charge is 2.34. The number of carbonyl (C=O) groups excluding carboxylic acids is 1. The molecule has 1 heterocycles. The maximum absolute atomic E-state index is 12.8. The second-order valence-electron chi connectivity index (χ2n) is 5.12. The largest absolute Gasteiger partial charge is 0.416 e. The van der Waals surface area contributed by atoms with E-state index in [0.717, 1.165) is 23.9 Å². The van der Waals surface area contributed by atoms with E-state index < -0.39 is 17.6 Å². The Bertz CT molecular complexity index is 895. The Kier molecular flexibility index (Phi) is 4.90. The summed E-state index contributed by atoms with van der Waals surface area (Å²) < 4.78 is 38.7. The van der Waals surface area contributed by atoms with Crippen molar-refractivity contribution in [3.63, 3.8) is 0 Å². The summed E-state index contributed by atoms with van der Waals surface area (Å²) in [5.41, 5.74) is 0.0235. The van der Waals surface area contributed by atoms with Gasteiger partial charge in [-0.15, -0.1) is 0 Å². The standard InChI is InChI=1S/C17H9ClF3NOS2/c18-12-5-2-6-13(9-12)22-15(23)14(25-16(22)24)8-10-3-1-4-11(7-10)17(19,20)21/h1-9H/b14-8-. The van der Waals surface area contributed by atoms with E-state index in [9.17, 15) is 18.0 Å². The molecule has 0 radical (unpaired) electrons. The number of thioether (sulfide) groups is 1. The van der Waals surface area contributed by atoms with E-state index >= 15 is 0 Å². The van der Waals surface area contributed by atoms with Gasteiger partial charge in [-0.1, -0.05) is 53.8 Å². The summed E-state index contributed by atoms with van der Waals surface area (Å²) in [6, 6.07) is 11.4. The summed E-state index contributed by atoms with van der Waals surface area (Å²) in [5, 5.41) is 0.452. The number of rotatable bonds is 2. The number of halogens is 4. The molecule has 1 aliphatic heterocycles. The Morgan fingerprint density at radius 1 is 1.12 bits per heavy atom. The predicted octanol–water partition coefficient (Wildman–Crippen LogP) is 5.76. The third kappa shape index (κ3) is 3.89. The van der Waals surface area contributed by atoms with Gasteiger partial charge in [0.1, 0.15) is 0 Å². The molecule has 0 aromatic heterocycles. The van der Waals surface area contributed by atoms with E-state index in [0.29, 0.717) is 15.0 Å². The van der Waals surface area contributed by atoms with Crippen LogP contribution in [0.4, 0.5) is 18.9 Å². The van der Waals surface area contributed by atoms with E-state index in [1.807, 2.05) is 0 Å². The Labute approximate surface area is 156 Å². The number of carbonyl (C=O) groups is 1. The van der Waals surface area contributed by atoms with Crippen molar-refractivity contribution < 1.29 is 18.0 Å². The SMILES string of the molecule is O=C1/C(=C/c2cccc(C(F)(F)F)c2)SC(=S)N1c1cccc(Cl)c1.